The fraction of sp³-hybridized carbons (Fsp3) is 0.400. The van der Waals surface area contributed by atoms with Gasteiger partial charge >= 0.3 is 0 Å². The lowest BCUT2D eigenvalue weighted by atomic mass is 9.97. The summed E-state index contributed by atoms with van der Waals surface area (Å²) in [7, 11) is 0. The van der Waals surface area contributed by atoms with E-state index in [1.54, 1.807) is 6.20 Å². The van der Waals surface area contributed by atoms with E-state index < -0.39 is 6.10 Å². The van der Waals surface area contributed by atoms with Crippen molar-refractivity contribution in [3.63, 3.8) is 0 Å². The zero-order valence-corrected chi connectivity index (χ0v) is 13.3. The van der Waals surface area contributed by atoms with Crippen molar-refractivity contribution in [3.8, 4) is 0 Å². The van der Waals surface area contributed by atoms with Crippen molar-refractivity contribution in [1.82, 2.24) is 9.78 Å². The molecule has 1 heterocycles. The van der Waals surface area contributed by atoms with Gasteiger partial charge < -0.3 is 5.11 Å². The molecule has 0 saturated carbocycles. The largest absolute Gasteiger partial charge is 0.382 e. The van der Waals surface area contributed by atoms with Gasteiger partial charge in [-0.3, -0.25) is 4.68 Å². The molecular weight excluding hydrogens is 304 g/mol. The fourth-order valence-corrected chi connectivity index (χ4v) is 2.73. The molecule has 0 aliphatic heterocycles. The van der Waals surface area contributed by atoms with E-state index in [-0.39, 0.29) is 6.04 Å². The number of benzene rings is 1. The van der Waals surface area contributed by atoms with E-state index in [0.717, 1.165) is 21.3 Å². The Labute approximate surface area is 122 Å². The lowest BCUT2D eigenvalue weighted by Crippen LogP contribution is -2.13. The maximum atomic E-state index is 10.7. The lowest BCUT2D eigenvalue weighted by Gasteiger charge is -2.19. The summed E-state index contributed by atoms with van der Waals surface area (Å²) in [6.07, 6.45) is 1.07. The standard InChI is InChI=1S/C15H19BrN2O/c1-9(2)18-14(13(16)8-17-18)15(19)12-7-5-6-10(3)11(12)4/h5-9,15,19H,1-4H3. The van der Waals surface area contributed by atoms with Crippen LogP contribution < -0.4 is 0 Å². The molecule has 1 atom stereocenters. The molecule has 102 valence electrons. The number of rotatable bonds is 3. The Kier molecular flexibility index (Phi) is 4.11. The molecule has 2 aromatic rings. The summed E-state index contributed by atoms with van der Waals surface area (Å²) in [6, 6.07) is 6.21. The third-order valence-corrected chi connectivity index (χ3v) is 4.09. The molecule has 1 aromatic carbocycles. The van der Waals surface area contributed by atoms with Gasteiger partial charge in [-0.25, -0.2) is 0 Å². The van der Waals surface area contributed by atoms with Crippen LogP contribution in [-0.2, 0) is 0 Å². The number of aliphatic hydroxyl groups excluding tert-OH is 1. The van der Waals surface area contributed by atoms with Crippen molar-refractivity contribution < 1.29 is 5.11 Å². The van der Waals surface area contributed by atoms with E-state index >= 15 is 0 Å². The number of halogens is 1. The van der Waals surface area contributed by atoms with Crippen LogP contribution in [0.3, 0.4) is 0 Å². The Morgan fingerprint density at radius 3 is 2.58 bits per heavy atom. The maximum Gasteiger partial charge on any atom is 0.122 e. The zero-order valence-electron chi connectivity index (χ0n) is 11.7. The fourth-order valence-electron chi connectivity index (χ4n) is 2.24. The first-order valence-corrected chi connectivity index (χ1v) is 7.19. The van der Waals surface area contributed by atoms with Crippen LogP contribution in [0, 0.1) is 13.8 Å². The lowest BCUT2D eigenvalue weighted by molar-refractivity contribution is 0.203. The van der Waals surface area contributed by atoms with Gasteiger partial charge in [0, 0.05) is 6.04 Å². The highest BCUT2D eigenvalue weighted by Gasteiger charge is 2.22. The predicted molar refractivity (Wildman–Crippen MR) is 80.3 cm³/mol. The molecule has 0 spiro atoms. The monoisotopic (exact) mass is 322 g/mol. The number of hydrogen-bond donors (Lipinski definition) is 1. The molecule has 4 heteroatoms. The number of nitrogens with zero attached hydrogens (tertiary/aromatic N) is 2. The Balaban J connectivity index is 2.53. The molecule has 0 aliphatic carbocycles. The average molecular weight is 323 g/mol. The third-order valence-electron chi connectivity index (χ3n) is 3.48. The van der Waals surface area contributed by atoms with Crippen LogP contribution in [0.25, 0.3) is 0 Å². The Bertz CT molecular complexity index is 590. The van der Waals surface area contributed by atoms with Gasteiger partial charge in [-0.1, -0.05) is 18.2 Å². The molecule has 2 rings (SSSR count). The summed E-state index contributed by atoms with van der Waals surface area (Å²) >= 11 is 3.48. The van der Waals surface area contributed by atoms with E-state index in [1.807, 2.05) is 23.7 Å². The highest BCUT2D eigenvalue weighted by Crippen LogP contribution is 2.32. The second-order valence-corrected chi connectivity index (χ2v) is 5.96. The normalized spacial score (nSPS) is 13.0. The summed E-state index contributed by atoms with van der Waals surface area (Å²) < 4.78 is 2.70. The van der Waals surface area contributed by atoms with Gasteiger partial charge in [0.15, 0.2) is 0 Å². The Morgan fingerprint density at radius 1 is 1.26 bits per heavy atom. The van der Waals surface area contributed by atoms with Crippen molar-refractivity contribution in [3.05, 3.63) is 51.3 Å². The molecule has 3 nitrogen and oxygen atoms in total. The van der Waals surface area contributed by atoms with Gasteiger partial charge in [-0.05, 0) is 60.3 Å². The van der Waals surface area contributed by atoms with Gasteiger partial charge in [-0.15, -0.1) is 0 Å². The SMILES string of the molecule is Cc1cccc(C(O)c2c(Br)cnn2C(C)C)c1C. The third kappa shape index (κ3) is 2.60. The molecule has 0 amide bonds. The van der Waals surface area contributed by atoms with E-state index in [1.165, 1.54) is 5.56 Å². The highest BCUT2D eigenvalue weighted by molar-refractivity contribution is 9.10. The smallest absolute Gasteiger partial charge is 0.122 e. The molecule has 0 aliphatic rings. The summed E-state index contributed by atoms with van der Waals surface area (Å²) in [5.41, 5.74) is 4.05. The maximum absolute atomic E-state index is 10.7. The first-order valence-electron chi connectivity index (χ1n) is 6.40. The quantitative estimate of drug-likeness (QED) is 0.929. The van der Waals surface area contributed by atoms with Gasteiger partial charge in [0.25, 0.3) is 0 Å². The van der Waals surface area contributed by atoms with Crippen LogP contribution in [0.15, 0.2) is 28.9 Å². The first kappa shape index (κ1) is 14.3. The predicted octanol–water partition coefficient (Wildman–Crippen LogP) is 3.93. The van der Waals surface area contributed by atoms with Crippen LogP contribution >= 0.6 is 15.9 Å². The minimum Gasteiger partial charge on any atom is -0.382 e. The van der Waals surface area contributed by atoms with Crippen molar-refractivity contribution in [2.75, 3.05) is 0 Å². The minimum atomic E-state index is -0.667. The number of hydrogen-bond acceptors (Lipinski definition) is 2. The molecular formula is C15H19BrN2O. The van der Waals surface area contributed by atoms with Gasteiger partial charge in [0.05, 0.1) is 16.4 Å². The molecule has 19 heavy (non-hydrogen) atoms. The van der Waals surface area contributed by atoms with Crippen molar-refractivity contribution in [2.45, 2.75) is 39.8 Å². The summed E-state index contributed by atoms with van der Waals surface area (Å²) in [5.74, 6) is 0. The first-order chi connectivity index (χ1) is 8.93. The second kappa shape index (κ2) is 5.47. The van der Waals surface area contributed by atoms with Crippen molar-refractivity contribution >= 4 is 15.9 Å². The van der Waals surface area contributed by atoms with Crippen molar-refractivity contribution in [2.24, 2.45) is 0 Å². The zero-order chi connectivity index (χ0) is 14.2. The van der Waals surface area contributed by atoms with E-state index in [9.17, 15) is 5.11 Å². The van der Waals surface area contributed by atoms with Crippen molar-refractivity contribution in [1.29, 1.82) is 0 Å². The minimum absolute atomic E-state index is 0.209. The summed E-state index contributed by atoms with van der Waals surface area (Å²) in [5, 5.41) is 15.0. The molecule has 0 radical (unpaired) electrons. The van der Waals surface area contributed by atoms with Gasteiger partial charge in [0.2, 0.25) is 0 Å². The average Bonchev–Trinajstić information content (AvgIpc) is 2.74. The number of aliphatic hydroxyl groups is 1. The summed E-state index contributed by atoms with van der Waals surface area (Å²) in [4.78, 5) is 0. The number of aromatic nitrogens is 2. The highest BCUT2D eigenvalue weighted by atomic mass is 79.9. The Morgan fingerprint density at radius 2 is 1.95 bits per heavy atom. The van der Waals surface area contributed by atoms with E-state index in [4.69, 9.17) is 0 Å². The molecule has 0 bridgehead atoms. The molecule has 0 fully saturated rings. The molecule has 1 N–H and O–H groups in total. The second-order valence-electron chi connectivity index (χ2n) is 5.11. The van der Waals surface area contributed by atoms with Crippen LogP contribution in [0.4, 0.5) is 0 Å². The summed E-state index contributed by atoms with van der Waals surface area (Å²) in [6.45, 7) is 8.20. The molecule has 1 unspecified atom stereocenters. The molecule has 1 aromatic heterocycles. The van der Waals surface area contributed by atoms with E-state index in [0.29, 0.717) is 0 Å². The van der Waals surface area contributed by atoms with Crippen LogP contribution in [0.2, 0.25) is 0 Å². The van der Waals surface area contributed by atoms with E-state index in [2.05, 4.69) is 47.9 Å². The van der Waals surface area contributed by atoms with Gasteiger partial charge in [-0.2, -0.15) is 5.10 Å². The topological polar surface area (TPSA) is 38.1 Å². The van der Waals surface area contributed by atoms with Crippen LogP contribution in [0.1, 0.15) is 48.4 Å². The van der Waals surface area contributed by atoms with Crippen LogP contribution in [-0.4, -0.2) is 14.9 Å². The number of aryl methyl sites for hydroxylation is 1. The molecule has 0 saturated heterocycles. The van der Waals surface area contributed by atoms with Gasteiger partial charge in [0.1, 0.15) is 6.10 Å². The van der Waals surface area contributed by atoms with Crippen LogP contribution in [0.5, 0.6) is 0 Å². The Hall–Kier alpha value is -1.13.